The molecule has 0 aromatic heterocycles. The van der Waals surface area contributed by atoms with Crippen LogP contribution in [0.25, 0.3) is 0 Å². The van der Waals surface area contributed by atoms with Gasteiger partial charge in [0.1, 0.15) is 0 Å². The summed E-state index contributed by atoms with van der Waals surface area (Å²) in [7, 11) is -23.7. The van der Waals surface area contributed by atoms with E-state index in [2.05, 4.69) is 8.23 Å². The second kappa shape index (κ2) is 33.4. The van der Waals surface area contributed by atoms with Crippen molar-refractivity contribution in [1.29, 1.82) is 0 Å². The maximum atomic E-state index is 9.44. The first-order chi connectivity index (χ1) is 11.4. The number of hydrogen-bond acceptors (Lipinski definition) is 15. The molecule has 28 heavy (non-hydrogen) atoms. The first-order valence-corrected chi connectivity index (χ1v) is 13.1. The summed E-state index contributed by atoms with van der Waals surface area (Å²) < 4.78 is 70.2. The van der Waals surface area contributed by atoms with Crippen molar-refractivity contribution in [3.05, 3.63) is 0 Å². The van der Waals surface area contributed by atoms with Crippen LogP contribution in [-0.2, 0) is 39.5 Å². The van der Waals surface area contributed by atoms with Gasteiger partial charge in [-0.05, 0) is 0 Å². The third-order valence-corrected chi connectivity index (χ3v) is 3.14. The van der Waals surface area contributed by atoms with Gasteiger partial charge >= 0.3 is 71.4 Å². The molecule has 0 unspecified atom stereocenters. The monoisotopic (exact) mass is 558 g/mol. The Balaban J connectivity index is -0.0000000397. The summed E-state index contributed by atoms with van der Waals surface area (Å²) in [6, 6.07) is 0. The van der Waals surface area contributed by atoms with Crippen LogP contribution in [0.4, 0.5) is 0 Å². The fourth-order valence-corrected chi connectivity index (χ4v) is 1.34. The maximum absolute atomic E-state index is 9.44. The molecule has 0 atom stereocenters. The molecule has 0 fully saturated rings. The fourth-order valence-electron chi connectivity index (χ4n) is 0.149. The van der Waals surface area contributed by atoms with Gasteiger partial charge in [-0.25, -0.2) is 0 Å². The molecule has 28 heteroatoms. The smallest absolute Gasteiger partial charge is 0.672 e. The Morgan fingerprint density at radius 3 is 0.500 bits per heavy atom. The largest absolute Gasteiger partial charge is 3.00 e. The van der Waals surface area contributed by atoms with Gasteiger partial charge in [0.25, 0.3) is 0 Å². The van der Waals surface area contributed by atoms with Crippen molar-refractivity contribution < 1.29 is 87.4 Å². The summed E-state index contributed by atoms with van der Waals surface area (Å²) >= 11 is 0. The normalized spacial score (nSPS) is 6.29. The van der Waals surface area contributed by atoms with Crippen molar-refractivity contribution >= 4 is 98.9 Å². The standard InChI is InChI=1S/2Al.2H2O5Si2.3O3Si/c;;2*1-6(2)5-7(3)4;3*1-4(2)3/h;;2*1,3H;;;/q2*+3;;;3*-2. The van der Waals surface area contributed by atoms with E-state index in [0.29, 0.717) is 0 Å². The van der Waals surface area contributed by atoms with Crippen LogP contribution in [-0.4, -0.2) is 118 Å². The van der Waals surface area contributed by atoms with Crippen molar-refractivity contribution in [3.63, 3.8) is 0 Å². The molecule has 0 saturated heterocycles. The van der Waals surface area contributed by atoms with Crippen LogP contribution in [0.3, 0.4) is 0 Å². The van der Waals surface area contributed by atoms with E-state index in [1.807, 2.05) is 0 Å². The molecular weight excluding hydrogens is 555 g/mol. The molecule has 0 aliphatic heterocycles. The molecule has 0 aromatic carbocycles. The Kier molecular flexibility index (Phi) is 54.2. The van der Waals surface area contributed by atoms with E-state index in [4.69, 9.17) is 61.3 Å². The Morgan fingerprint density at radius 1 is 0.429 bits per heavy atom. The summed E-state index contributed by atoms with van der Waals surface area (Å²) in [5.41, 5.74) is 0. The number of hydrogen-bond donors (Lipinski definition) is 4. The minimum absolute atomic E-state index is 0. The summed E-state index contributed by atoms with van der Waals surface area (Å²) in [5.74, 6) is 0. The number of rotatable bonds is 4. The Bertz CT molecular complexity index is 394. The second-order valence-corrected chi connectivity index (χ2v) is 7.28. The quantitative estimate of drug-likeness (QED) is 0.232. The molecule has 0 aromatic rings. The van der Waals surface area contributed by atoms with Crippen LogP contribution in [0.15, 0.2) is 0 Å². The SMILES string of the molecule is O=[Si](O)O[Si](=O)O.O=[Si](O)O[Si](=O)O.O=[Si]([O-])[O-].O=[Si]([O-])[O-].O=[Si]([O-])[O-].[Al+3].[Al+3]. The van der Waals surface area contributed by atoms with Gasteiger partial charge in [-0.3, -0.25) is 17.8 Å². The minimum Gasteiger partial charge on any atom is -0.672 e. The summed E-state index contributed by atoms with van der Waals surface area (Å²) in [4.78, 5) is 82.0. The van der Waals surface area contributed by atoms with E-state index in [9.17, 15) is 17.8 Å². The van der Waals surface area contributed by atoms with Crippen molar-refractivity contribution in [3.8, 4) is 0 Å². The van der Waals surface area contributed by atoms with Gasteiger partial charge in [-0.15, -0.1) is 0 Å². The zero-order valence-corrected chi connectivity index (χ0v) is 21.9. The molecule has 0 rings (SSSR count). The van der Waals surface area contributed by atoms with E-state index >= 15 is 0 Å². The van der Waals surface area contributed by atoms with Crippen LogP contribution < -0.4 is 28.8 Å². The Morgan fingerprint density at radius 2 is 0.500 bits per heavy atom. The van der Waals surface area contributed by atoms with Gasteiger partial charge in [-0.2, -0.15) is 0 Å². The third-order valence-electron chi connectivity index (χ3n) is 0.349. The zero-order valence-electron chi connectivity index (χ0n) is 12.6. The molecule has 0 bridgehead atoms. The molecule has 0 aliphatic rings. The van der Waals surface area contributed by atoms with E-state index in [1.165, 1.54) is 0 Å². The van der Waals surface area contributed by atoms with Crippen LogP contribution in [0.1, 0.15) is 0 Å². The van der Waals surface area contributed by atoms with Crippen molar-refractivity contribution in [2.45, 2.75) is 0 Å². The van der Waals surface area contributed by atoms with Crippen molar-refractivity contribution in [2.24, 2.45) is 0 Å². The van der Waals surface area contributed by atoms with Gasteiger partial charge in [0.2, 0.25) is 0 Å². The Labute approximate surface area is 185 Å². The predicted molar refractivity (Wildman–Crippen MR) is 67.6 cm³/mol. The van der Waals surface area contributed by atoms with Crippen LogP contribution in [0, 0.1) is 0 Å². The Hall–Kier alpha value is -1.22. The maximum Gasteiger partial charge on any atom is 3.00 e. The van der Waals surface area contributed by atoms with Gasteiger partial charge in [0, 0.05) is 27.5 Å². The average Bonchev–Trinajstić information content (AvgIpc) is 2.21. The molecule has 152 valence electrons. The molecule has 0 radical (unpaired) electrons. The predicted octanol–water partition coefficient (Wildman–Crippen LogP) is -13.8. The zero-order chi connectivity index (χ0) is 22.5. The summed E-state index contributed by atoms with van der Waals surface area (Å²) in [6.07, 6.45) is 0. The molecule has 4 N–H and O–H groups in total. The fraction of sp³-hybridized carbons (Fsp3) is 0. The first-order valence-electron chi connectivity index (χ1n) is 4.36. The molecule has 19 nitrogen and oxygen atoms in total. The van der Waals surface area contributed by atoms with Crippen molar-refractivity contribution in [2.75, 3.05) is 0 Å². The third kappa shape index (κ3) is 305. The van der Waals surface area contributed by atoms with E-state index in [-0.39, 0.29) is 34.7 Å². The average molecular weight is 559 g/mol. The summed E-state index contributed by atoms with van der Waals surface area (Å²) in [6.45, 7) is 0. The van der Waals surface area contributed by atoms with Crippen LogP contribution in [0.5, 0.6) is 0 Å². The van der Waals surface area contributed by atoms with E-state index < -0.39 is 64.2 Å². The second-order valence-electron chi connectivity index (χ2n) is 2.02. The van der Waals surface area contributed by atoms with Crippen LogP contribution in [0.2, 0.25) is 0 Å². The molecule has 0 heterocycles. The van der Waals surface area contributed by atoms with E-state index in [1.54, 1.807) is 0 Å². The van der Waals surface area contributed by atoms with Crippen molar-refractivity contribution in [1.82, 2.24) is 0 Å². The molecule has 0 amide bonds. The molecule has 0 saturated carbocycles. The summed E-state index contributed by atoms with van der Waals surface area (Å²) in [5, 5.41) is 0. The molecule has 0 aliphatic carbocycles. The van der Waals surface area contributed by atoms with Gasteiger partial charge in [-0.1, -0.05) is 0 Å². The molecule has 0 spiro atoms. The van der Waals surface area contributed by atoms with Gasteiger partial charge in [0.05, 0.1) is 0 Å². The minimum atomic E-state index is -3.63. The van der Waals surface area contributed by atoms with Gasteiger partial charge < -0.3 is 69.6 Å². The molecular formula is H4Al2O19Si7. The topological polar surface area (TPSA) is 357 Å². The first kappa shape index (κ1) is 45.5. The van der Waals surface area contributed by atoms with E-state index in [0.717, 1.165) is 0 Å². The van der Waals surface area contributed by atoms with Crippen LogP contribution >= 0.6 is 0 Å². The van der Waals surface area contributed by atoms with Gasteiger partial charge in [0.15, 0.2) is 0 Å².